The highest BCUT2D eigenvalue weighted by Gasteiger charge is 2.16. The number of hydrogen-bond donors (Lipinski definition) is 2. The monoisotopic (exact) mass is 317 g/mol. The van der Waals surface area contributed by atoms with Crippen molar-refractivity contribution < 1.29 is 9.84 Å². The Morgan fingerprint density at radius 1 is 1.36 bits per heavy atom. The lowest BCUT2D eigenvalue weighted by molar-refractivity contribution is 0.373. The number of phenols is 1. The van der Waals surface area contributed by atoms with Crippen molar-refractivity contribution in [1.29, 1.82) is 0 Å². The van der Waals surface area contributed by atoms with E-state index >= 15 is 0 Å². The molecular weight excluding hydrogens is 302 g/mol. The van der Waals surface area contributed by atoms with E-state index < -0.39 is 0 Å². The molecule has 0 aliphatic heterocycles. The maximum absolute atomic E-state index is 9.73. The van der Waals surface area contributed by atoms with Crippen LogP contribution in [0.4, 0.5) is 0 Å². The number of methoxy groups -OCH3 is 1. The summed E-state index contributed by atoms with van der Waals surface area (Å²) >= 11 is 5.34. The fourth-order valence-corrected chi connectivity index (χ4v) is 2.57. The highest BCUT2D eigenvalue weighted by Crippen LogP contribution is 2.31. The minimum Gasteiger partial charge on any atom is -0.504 e. The zero-order valence-corrected chi connectivity index (χ0v) is 13.2. The van der Waals surface area contributed by atoms with Crippen molar-refractivity contribution in [3.8, 4) is 28.6 Å². The van der Waals surface area contributed by atoms with Crippen molar-refractivity contribution in [2.75, 3.05) is 7.11 Å². The molecule has 8 heteroatoms. The van der Waals surface area contributed by atoms with Crippen molar-refractivity contribution in [1.82, 2.24) is 24.5 Å². The summed E-state index contributed by atoms with van der Waals surface area (Å²) in [5.74, 6) is 1.07. The maximum Gasteiger partial charge on any atom is 0.200 e. The average Bonchev–Trinajstić information content (AvgIpc) is 3.01. The Morgan fingerprint density at radius 3 is 2.77 bits per heavy atom. The second-order valence-corrected chi connectivity index (χ2v) is 5.23. The van der Waals surface area contributed by atoms with Gasteiger partial charge < -0.3 is 9.84 Å². The maximum atomic E-state index is 9.73. The van der Waals surface area contributed by atoms with Crippen LogP contribution in [0, 0.1) is 11.7 Å². The summed E-state index contributed by atoms with van der Waals surface area (Å²) in [6.45, 7) is 1.91. The number of aromatic hydroxyl groups is 1. The minimum atomic E-state index is 0.0736. The number of benzene rings is 1. The first-order valence-corrected chi connectivity index (χ1v) is 6.97. The van der Waals surface area contributed by atoms with E-state index in [9.17, 15) is 5.11 Å². The number of aryl methyl sites for hydroxylation is 2. The second-order valence-electron chi connectivity index (χ2n) is 4.85. The Labute approximate surface area is 131 Å². The number of aromatic amines is 1. The molecule has 2 aromatic heterocycles. The molecule has 0 bridgehead atoms. The van der Waals surface area contributed by atoms with Gasteiger partial charge in [-0.05, 0) is 37.3 Å². The molecule has 0 aliphatic rings. The molecule has 3 aromatic rings. The van der Waals surface area contributed by atoms with Gasteiger partial charge in [0.2, 0.25) is 0 Å². The van der Waals surface area contributed by atoms with Crippen LogP contribution in [0.2, 0.25) is 0 Å². The van der Waals surface area contributed by atoms with Gasteiger partial charge in [-0.3, -0.25) is 14.3 Å². The van der Waals surface area contributed by atoms with Crippen LogP contribution >= 0.6 is 12.2 Å². The van der Waals surface area contributed by atoms with E-state index in [1.807, 2.05) is 24.7 Å². The second kappa shape index (κ2) is 5.30. The molecule has 0 spiro atoms. The van der Waals surface area contributed by atoms with E-state index in [0.29, 0.717) is 16.3 Å². The van der Waals surface area contributed by atoms with Gasteiger partial charge in [-0.2, -0.15) is 10.2 Å². The molecule has 0 radical (unpaired) electrons. The van der Waals surface area contributed by atoms with Crippen LogP contribution in [0.5, 0.6) is 11.5 Å². The highest BCUT2D eigenvalue weighted by atomic mass is 32.1. The van der Waals surface area contributed by atoms with Crippen LogP contribution in [0.1, 0.15) is 5.69 Å². The smallest absolute Gasteiger partial charge is 0.200 e. The predicted molar refractivity (Wildman–Crippen MR) is 83.9 cm³/mol. The topological polar surface area (TPSA) is 80.9 Å². The fourth-order valence-electron chi connectivity index (χ4n) is 2.34. The molecule has 0 aliphatic carbocycles. The zero-order chi connectivity index (χ0) is 15.9. The third-order valence-corrected chi connectivity index (χ3v) is 3.61. The summed E-state index contributed by atoms with van der Waals surface area (Å²) in [5.41, 5.74) is 2.46. The number of aromatic nitrogens is 5. The Morgan fingerprint density at radius 2 is 2.14 bits per heavy atom. The molecule has 22 heavy (non-hydrogen) atoms. The van der Waals surface area contributed by atoms with E-state index in [0.717, 1.165) is 16.9 Å². The number of nitrogens with one attached hydrogen (secondary N) is 1. The van der Waals surface area contributed by atoms with Crippen LogP contribution in [0.15, 0.2) is 24.4 Å². The zero-order valence-electron chi connectivity index (χ0n) is 12.4. The van der Waals surface area contributed by atoms with Crippen LogP contribution < -0.4 is 4.74 Å². The number of ether oxygens (including phenoxy) is 1. The van der Waals surface area contributed by atoms with E-state index in [2.05, 4.69) is 15.3 Å². The molecule has 3 rings (SSSR count). The fraction of sp³-hybridized carbons (Fsp3) is 0.214. The molecule has 0 saturated heterocycles. The largest absolute Gasteiger partial charge is 0.504 e. The van der Waals surface area contributed by atoms with Gasteiger partial charge in [-0.25, -0.2) is 0 Å². The SMILES string of the molecule is COc1cc(-c2n[nH]c(=S)n2-c2cn(C)nc2C)ccc1O. The summed E-state index contributed by atoms with van der Waals surface area (Å²) in [6, 6.07) is 5.03. The third kappa shape index (κ3) is 2.27. The number of H-pyrrole nitrogens is 1. The lowest BCUT2D eigenvalue weighted by atomic mass is 10.2. The molecule has 0 amide bonds. The van der Waals surface area contributed by atoms with Crippen LogP contribution in [0.25, 0.3) is 17.1 Å². The van der Waals surface area contributed by atoms with Crippen molar-refractivity contribution in [2.45, 2.75) is 6.92 Å². The molecule has 2 N–H and O–H groups in total. The van der Waals surface area contributed by atoms with Crippen molar-refractivity contribution in [3.05, 3.63) is 34.9 Å². The van der Waals surface area contributed by atoms with Gasteiger partial charge in [0.05, 0.1) is 18.5 Å². The van der Waals surface area contributed by atoms with E-state index in [1.165, 1.54) is 7.11 Å². The number of rotatable bonds is 3. The molecule has 0 saturated carbocycles. The Hall–Kier alpha value is -2.61. The minimum absolute atomic E-state index is 0.0736. The summed E-state index contributed by atoms with van der Waals surface area (Å²) in [4.78, 5) is 0. The molecule has 7 nitrogen and oxygen atoms in total. The number of phenolic OH excluding ortho intramolecular Hbond substituents is 1. The summed E-state index contributed by atoms with van der Waals surface area (Å²) in [7, 11) is 3.35. The normalized spacial score (nSPS) is 10.9. The number of nitrogens with zero attached hydrogens (tertiary/aromatic N) is 4. The van der Waals surface area contributed by atoms with Gasteiger partial charge in [0, 0.05) is 18.8 Å². The molecule has 0 fully saturated rings. The predicted octanol–water partition coefficient (Wildman–Crippen LogP) is 2.35. The van der Waals surface area contributed by atoms with Crippen molar-refractivity contribution in [2.24, 2.45) is 7.05 Å². The van der Waals surface area contributed by atoms with Gasteiger partial charge in [0.1, 0.15) is 0 Å². The lowest BCUT2D eigenvalue weighted by Gasteiger charge is -2.08. The summed E-state index contributed by atoms with van der Waals surface area (Å²) in [6.07, 6.45) is 1.88. The van der Waals surface area contributed by atoms with E-state index in [4.69, 9.17) is 17.0 Å². The van der Waals surface area contributed by atoms with Gasteiger partial charge in [0.25, 0.3) is 0 Å². The molecule has 0 unspecified atom stereocenters. The van der Waals surface area contributed by atoms with Crippen LogP contribution in [0.3, 0.4) is 0 Å². The summed E-state index contributed by atoms with van der Waals surface area (Å²) < 4.78 is 9.15. The molecule has 1 aromatic carbocycles. The van der Waals surface area contributed by atoms with Crippen molar-refractivity contribution in [3.63, 3.8) is 0 Å². The van der Waals surface area contributed by atoms with Crippen LogP contribution in [-0.4, -0.2) is 36.8 Å². The van der Waals surface area contributed by atoms with E-state index in [1.54, 1.807) is 22.9 Å². The standard InChI is InChI=1S/C14H15N5O2S/c1-8-10(7-18(2)17-8)19-13(15-16-14(19)22)9-4-5-11(20)12(6-9)21-3/h4-7,20H,1-3H3,(H,16,22). The quantitative estimate of drug-likeness (QED) is 0.725. The van der Waals surface area contributed by atoms with Gasteiger partial charge in [-0.1, -0.05) is 0 Å². The van der Waals surface area contributed by atoms with Gasteiger partial charge >= 0.3 is 0 Å². The first kappa shape index (κ1) is 14.3. The van der Waals surface area contributed by atoms with Crippen LogP contribution in [-0.2, 0) is 7.05 Å². The van der Waals surface area contributed by atoms with Gasteiger partial charge in [-0.15, -0.1) is 0 Å². The van der Waals surface area contributed by atoms with E-state index in [-0.39, 0.29) is 5.75 Å². The first-order valence-electron chi connectivity index (χ1n) is 6.56. The van der Waals surface area contributed by atoms with Crippen molar-refractivity contribution >= 4 is 12.2 Å². The first-order chi connectivity index (χ1) is 10.5. The Kier molecular flexibility index (Phi) is 3.45. The Balaban J connectivity index is 2.22. The average molecular weight is 317 g/mol. The number of hydrogen-bond acceptors (Lipinski definition) is 5. The molecule has 2 heterocycles. The molecular formula is C14H15N5O2S. The molecule has 0 atom stereocenters. The molecule has 114 valence electrons. The third-order valence-electron chi connectivity index (χ3n) is 3.34. The highest BCUT2D eigenvalue weighted by molar-refractivity contribution is 7.71. The summed E-state index contributed by atoms with van der Waals surface area (Å²) in [5, 5.41) is 21.1. The van der Waals surface area contributed by atoms with Gasteiger partial charge in [0.15, 0.2) is 22.1 Å². The Bertz CT molecular complexity index is 893. The lowest BCUT2D eigenvalue weighted by Crippen LogP contribution is -1.98.